The fraction of sp³-hybridized carbons (Fsp3) is 0.947. The van der Waals surface area contributed by atoms with Gasteiger partial charge in [-0.25, -0.2) is 4.79 Å². The normalized spacial score (nSPS) is 25.2. The van der Waals surface area contributed by atoms with E-state index in [-0.39, 0.29) is 19.1 Å². The first-order valence-electron chi connectivity index (χ1n) is 11.1. The summed E-state index contributed by atoms with van der Waals surface area (Å²) in [6.45, 7) is 5.78. The smallest absolute Gasteiger partial charge is 0.410 e. The van der Waals surface area contributed by atoms with Gasteiger partial charge in [-0.1, -0.05) is 7.96 Å². The zero-order valence-corrected chi connectivity index (χ0v) is 28.4. The molecular weight excluding hydrogens is 533 g/mol. The number of rotatable bonds is 2. The Labute approximate surface area is 212 Å². The van der Waals surface area contributed by atoms with Gasteiger partial charge in [0.1, 0.15) is 5.60 Å². The second kappa shape index (κ2) is 21.3. The highest BCUT2D eigenvalue weighted by molar-refractivity contribution is 8.65. The van der Waals surface area contributed by atoms with Gasteiger partial charge in [0.05, 0.1) is 0 Å². The summed E-state index contributed by atoms with van der Waals surface area (Å²) in [6.07, 6.45) is 8.66. The van der Waals surface area contributed by atoms with Gasteiger partial charge in [0, 0.05) is 31.2 Å². The van der Waals surface area contributed by atoms with Crippen LogP contribution < -0.4 is 16.8 Å². The summed E-state index contributed by atoms with van der Waals surface area (Å²) in [5, 5.41) is 3.27. The Bertz CT molecular complexity index is 455. The molecule has 2 saturated carbocycles. The van der Waals surface area contributed by atoms with Crippen molar-refractivity contribution in [3.05, 3.63) is 0 Å². The van der Waals surface area contributed by atoms with Crippen LogP contribution in [0.4, 0.5) is 4.79 Å². The molecule has 1 amide bonds. The Hall–Kier alpha value is 2.16. The van der Waals surface area contributed by atoms with E-state index >= 15 is 0 Å². The summed E-state index contributed by atoms with van der Waals surface area (Å²) in [4.78, 5) is 13.5. The Morgan fingerprint density at radius 3 is 1.62 bits per heavy atom. The van der Waals surface area contributed by atoms with Crippen molar-refractivity contribution < 1.29 is 9.53 Å². The van der Waals surface area contributed by atoms with Gasteiger partial charge in [-0.3, -0.25) is 0 Å². The van der Waals surface area contributed by atoms with Crippen LogP contribution >= 0.6 is 59.6 Å². The summed E-state index contributed by atoms with van der Waals surface area (Å²) in [7, 11) is 17.8. The monoisotopic (exact) mass is 584 g/mol. The van der Waals surface area contributed by atoms with Crippen LogP contribution in [0.3, 0.4) is 0 Å². The Morgan fingerprint density at radius 1 is 0.969 bits per heavy atom. The number of nitrogens with one attached hydrogen (secondary N) is 1. The predicted octanol–water partition coefficient (Wildman–Crippen LogP) is 5.68. The molecule has 0 spiro atoms. The first-order valence-corrected chi connectivity index (χ1v) is 21.9. The van der Waals surface area contributed by atoms with E-state index in [0.717, 1.165) is 39.7 Å². The summed E-state index contributed by atoms with van der Waals surface area (Å²) >= 11 is 0. The largest absolute Gasteiger partial charge is 0.444 e. The zero-order chi connectivity index (χ0) is 25.3. The third kappa shape index (κ3) is 22.6. The minimum atomic E-state index is -0.420. The van der Waals surface area contributed by atoms with Crippen molar-refractivity contribution in [1.82, 2.24) is 10.2 Å². The molecule has 0 aliphatic heterocycles. The molecule has 0 aromatic heterocycles. The molecule has 2 fully saturated rings. The number of ether oxygens (including phenoxy) is 1. The molecule has 0 aromatic rings. The molecule has 32 heavy (non-hydrogen) atoms. The van der Waals surface area contributed by atoms with Gasteiger partial charge >= 0.3 is 6.09 Å². The van der Waals surface area contributed by atoms with Crippen LogP contribution in [0.25, 0.3) is 0 Å². The first-order chi connectivity index (χ1) is 14.8. The minimum absolute atomic E-state index is 0.130. The van der Waals surface area contributed by atoms with E-state index in [1.165, 1.54) is 25.7 Å². The molecule has 5 N–H and O–H groups in total. The van der Waals surface area contributed by atoms with Crippen LogP contribution in [0.15, 0.2) is 0 Å². The van der Waals surface area contributed by atoms with Crippen LogP contribution in [0.1, 0.15) is 72.1 Å². The number of amides is 1. The van der Waals surface area contributed by atoms with Gasteiger partial charge < -0.3 is 26.4 Å². The van der Waals surface area contributed by atoms with E-state index in [0.29, 0.717) is 12.1 Å². The van der Waals surface area contributed by atoms with Gasteiger partial charge in [0.2, 0.25) is 0 Å². The highest BCUT2D eigenvalue weighted by atomic mass is 32.7. The second-order valence-corrected chi connectivity index (χ2v) is 25.1. The summed E-state index contributed by atoms with van der Waals surface area (Å²) in [6, 6.07) is 1.82. The molecule has 0 radical (unpaired) electrons. The van der Waals surface area contributed by atoms with Crippen molar-refractivity contribution in [1.29, 1.82) is 0 Å². The van der Waals surface area contributed by atoms with Crippen molar-refractivity contribution >= 4 is 65.7 Å². The van der Waals surface area contributed by atoms with Crippen molar-refractivity contribution in [2.24, 2.45) is 11.5 Å². The lowest BCUT2D eigenvalue weighted by Crippen LogP contribution is -2.44. The molecule has 2 aliphatic rings. The van der Waals surface area contributed by atoms with Crippen molar-refractivity contribution in [2.45, 2.75) is 102 Å². The standard InChI is InChI=1S/C12H24N2O2.C7H16N2.H6P4.H5P3/c1-12(2,3)16-11(15)14(4)10-7-5-9(13)6-8-10;1-9-7-4-2-6(8)3-5-7;1-4(2)3;1-3-2/h9-10H,5-8,13H2,1-4H3;6-7,9H,2-5,8H2,1H3;1-3H2;3H,1-2H2. The van der Waals surface area contributed by atoms with E-state index in [1.807, 2.05) is 34.9 Å². The molecule has 0 aromatic carbocycles. The average molecular weight is 584 g/mol. The van der Waals surface area contributed by atoms with Gasteiger partial charge in [0.25, 0.3) is 0 Å². The van der Waals surface area contributed by atoms with Crippen molar-refractivity contribution in [3.8, 4) is 0 Å². The number of nitrogens with zero attached hydrogens (tertiary/aromatic N) is 1. The SMILES string of the molecule is CN(C(=O)OC(C)(C)C)C1CCC(N)CC1.CNC1CCC(N)CC1.PP(P)P.PPP. The van der Waals surface area contributed by atoms with E-state index in [9.17, 15) is 4.79 Å². The number of nitrogens with two attached hydrogens (primary N) is 2. The molecule has 5 unspecified atom stereocenters. The first kappa shape index (κ1) is 36.3. The lowest BCUT2D eigenvalue weighted by molar-refractivity contribution is 0.0183. The maximum atomic E-state index is 11.8. The van der Waals surface area contributed by atoms with Gasteiger partial charge in [0.15, 0.2) is 0 Å². The third-order valence-electron chi connectivity index (χ3n) is 5.15. The van der Waals surface area contributed by atoms with E-state index in [2.05, 4.69) is 50.0 Å². The Morgan fingerprint density at radius 2 is 1.31 bits per heavy atom. The predicted molar refractivity (Wildman–Crippen MR) is 167 cm³/mol. The summed E-state index contributed by atoms with van der Waals surface area (Å²) < 4.78 is 5.34. The molecule has 194 valence electrons. The number of hydrogen-bond acceptors (Lipinski definition) is 5. The molecule has 0 bridgehead atoms. The quantitative estimate of drug-likeness (QED) is 0.363. The maximum Gasteiger partial charge on any atom is 0.410 e. The van der Waals surface area contributed by atoms with Crippen LogP contribution in [0, 0.1) is 0 Å². The van der Waals surface area contributed by atoms with Crippen molar-refractivity contribution in [3.63, 3.8) is 0 Å². The van der Waals surface area contributed by atoms with Crippen LogP contribution in [-0.2, 0) is 4.74 Å². The third-order valence-corrected chi connectivity index (χ3v) is 5.15. The fourth-order valence-corrected chi connectivity index (χ4v) is 3.38. The maximum absolute atomic E-state index is 11.8. The Balaban J connectivity index is 0. The number of hydrogen-bond donors (Lipinski definition) is 3. The van der Waals surface area contributed by atoms with E-state index < -0.39 is 5.60 Å². The number of carbonyl (C=O) groups excluding carboxylic acids is 1. The fourth-order valence-electron chi connectivity index (χ4n) is 3.38. The highest BCUT2D eigenvalue weighted by Crippen LogP contribution is 2.59. The Kier molecular flexibility index (Phi) is 24.1. The number of carbonyl (C=O) groups is 1. The van der Waals surface area contributed by atoms with Gasteiger partial charge in [-0.05, 0) is 86.2 Å². The summed E-state index contributed by atoms with van der Waals surface area (Å²) in [5.41, 5.74) is 11.1. The molecular formula is C19H51N4O2P7. The van der Waals surface area contributed by atoms with E-state index in [1.54, 1.807) is 4.90 Å². The lowest BCUT2D eigenvalue weighted by Gasteiger charge is -2.34. The lowest BCUT2D eigenvalue weighted by atomic mass is 9.91. The topological polar surface area (TPSA) is 93.6 Å². The molecule has 0 heterocycles. The van der Waals surface area contributed by atoms with Crippen molar-refractivity contribution in [2.75, 3.05) is 14.1 Å². The second-order valence-electron chi connectivity index (χ2n) is 9.17. The van der Waals surface area contributed by atoms with Gasteiger partial charge in [-0.15, -0.1) is 44.6 Å². The van der Waals surface area contributed by atoms with Crippen LogP contribution in [-0.4, -0.2) is 54.9 Å². The summed E-state index contributed by atoms with van der Waals surface area (Å²) in [5.74, 6) is 0. The molecule has 2 rings (SSSR count). The van der Waals surface area contributed by atoms with E-state index in [4.69, 9.17) is 16.2 Å². The van der Waals surface area contributed by atoms with Crippen LogP contribution in [0.2, 0.25) is 0 Å². The molecule has 13 heteroatoms. The zero-order valence-electron chi connectivity index (χ0n) is 20.7. The molecule has 0 saturated heterocycles. The minimum Gasteiger partial charge on any atom is -0.444 e. The van der Waals surface area contributed by atoms with Gasteiger partial charge in [-0.2, -0.15) is 0 Å². The molecule has 2 aliphatic carbocycles. The molecule has 6 nitrogen and oxygen atoms in total. The van der Waals surface area contributed by atoms with Crippen LogP contribution in [0.5, 0.6) is 0 Å². The molecule has 5 atom stereocenters. The average Bonchev–Trinajstić information content (AvgIpc) is 2.68. The highest BCUT2D eigenvalue weighted by Gasteiger charge is 2.28.